The van der Waals surface area contributed by atoms with Gasteiger partial charge in [-0.2, -0.15) is 0 Å². The summed E-state index contributed by atoms with van der Waals surface area (Å²) in [6, 6.07) is 0. The van der Waals surface area contributed by atoms with Crippen LogP contribution >= 0.6 is 0 Å². The average Bonchev–Trinajstić information content (AvgIpc) is 2.33. The summed E-state index contributed by atoms with van der Waals surface area (Å²) >= 11 is 0. The fraction of sp³-hybridized carbons (Fsp3) is 0.500. The minimum atomic E-state index is -0.482. The van der Waals surface area contributed by atoms with Gasteiger partial charge in [-0.3, -0.25) is 0 Å². The molecule has 0 fully saturated rings. The number of carbonyl (C=O) groups excluding carboxylic acids is 1. The van der Waals surface area contributed by atoms with E-state index in [4.69, 9.17) is 4.74 Å². The van der Waals surface area contributed by atoms with Crippen LogP contribution in [0.25, 0.3) is 0 Å². The predicted octanol–water partition coefficient (Wildman–Crippen LogP) is 1.56. The molecular weight excluding hydrogens is 220 g/mol. The molecule has 1 amide bonds. The summed E-state index contributed by atoms with van der Waals surface area (Å²) in [5.41, 5.74) is 0. The second kappa shape index (κ2) is 9.28. The molecule has 0 aromatic carbocycles. The van der Waals surface area contributed by atoms with E-state index in [1.54, 1.807) is 6.21 Å². The lowest BCUT2D eigenvalue weighted by atomic mass is 10.1. The standard InChI is InChI=1S/C12H18N2O3/c1-10(7-9-13-11(2)16-3)6-5-8-14-12(15)17-4/h9-10H,2,7-8H2,1,3-4H3,(H,14,15). The summed E-state index contributed by atoms with van der Waals surface area (Å²) in [5.74, 6) is 6.33. The van der Waals surface area contributed by atoms with Gasteiger partial charge in [-0.25, -0.2) is 9.79 Å². The van der Waals surface area contributed by atoms with Crippen molar-refractivity contribution in [2.75, 3.05) is 20.8 Å². The van der Waals surface area contributed by atoms with Gasteiger partial charge in [0.15, 0.2) is 0 Å². The van der Waals surface area contributed by atoms with E-state index >= 15 is 0 Å². The lowest BCUT2D eigenvalue weighted by molar-refractivity contribution is 0.172. The molecule has 0 spiro atoms. The molecule has 0 aliphatic rings. The number of alkyl carbamates (subject to hydrolysis) is 1. The molecule has 1 unspecified atom stereocenters. The average molecular weight is 238 g/mol. The van der Waals surface area contributed by atoms with E-state index in [2.05, 4.69) is 33.5 Å². The molecular formula is C12H18N2O3. The third kappa shape index (κ3) is 9.00. The molecule has 1 atom stereocenters. The van der Waals surface area contributed by atoms with E-state index in [1.165, 1.54) is 14.2 Å². The Bertz CT molecular complexity index is 339. The Morgan fingerprint density at radius 2 is 2.24 bits per heavy atom. The Morgan fingerprint density at radius 3 is 2.82 bits per heavy atom. The summed E-state index contributed by atoms with van der Waals surface area (Å²) in [4.78, 5) is 14.6. The highest BCUT2D eigenvalue weighted by Gasteiger charge is 1.95. The van der Waals surface area contributed by atoms with Crippen LogP contribution in [-0.4, -0.2) is 33.1 Å². The largest absolute Gasteiger partial charge is 0.481 e. The number of nitrogens with zero attached hydrogens (tertiary/aromatic N) is 1. The van der Waals surface area contributed by atoms with E-state index < -0.39 is 6.09 Å². The Hall–Kier alpha value is -1.96. The SMILES string of the molecule is C=C(N=CCC(C)C#CCNC(=O)OC)OC. The molecule has 0 aliphatic carbocycles. The second-order valence-electron chi connectivity index (χ2n) is 3.21. The Balaban J connectivity index is 3.82. The number of nitrogens with one attached hydrogen (secondary N) is 1. The van der Waals surface area contributed by atoms with Crippen LogP contribution in [0.2, 0.25) is 0 Å². The molecule has 0 rings (SSSR count). The smallest absolute Gasteiger partial charge is 0.407 e. The lowest BCUT2D eigenvalue weighted by Gasteiger charge is -1.99. The molecule has 0 radical (unpaired) electrons. The molecule has 0 aromatic rings. The van der Waals surface area contributed by atoms with Gasteiger partial charge in [0.2, 0.25) is 5.88 Å². The molecule has 0 heterocycles. The van der Waals surface area contributed by atoms with Crippen LogP contribution in [0.3, 0.4) is 0 Å². The zero-order valence-corrected chi connectivity index (χ0v) is 10.4. The summed E-state index contributed by atoms with van der Waals surface area (Å²) < 4.78 is 9.18. The summed E-state index contributed by atoms with van der Waals surface area (Å²) in [7, 11) is 2.83. The summed E-state index contributed by atoms with van der Waals surface area (Å²) in [5, 5.41) is 2.47. The van der Waals surface area contributed by atoms with E-state index in [0.717, 1.165) is 0 Å². The van der Waals surface area contributed by atoms with Crippen molar-refractivity contribution in [1.82, 2.24) is 5.32 Å². The fourth-order valence-corrected chi connectivity index (χ4v) is 0.838. The first-order valence-corrected chi connectivity index (χ1v) is 5.15. The van der Waals surface area contributed by atoms with Gasteiger partial charge in [0.25, 0.3) is 0 Å². The van der Waals surface area contributed by atoms with Crippen LogP contribution in [0, 0.1) is 17.8 Å². The maximum atomic E-state index is 10.7. The zero-order valence-electron chi connectivity index (χ0n) is 10.4. The first-order valence-electron chi connectivity index (χ1n) is 5.15. The number of aliphatic imine (C=N–C) groups is 1. The van der Waals surface area contributed by atoms with Gasteiger partial charge in [0, 0.05) is 12.1 Å². The molecule has 0 saturated heterocycles. The van der Waals surface area contributed by atoms with Crippen LogP contribution in [0.15, 0.2) is 17.5 Å². The highest BCUT2D eigenvalue weighted by molar-refractivity contribution is 5.67. The van der Waals surface area contributed by atoms with E-state index in [1.807, 2.05) is 6.92 Å². The summed E-state index contributed by atoms with van der Waals surface area (Å²) in [6.45, 7) is 5.80. The molecule has 94 valence electrons. The highest BCUT2D eigenvalue weighted by atomic mass is 16.5. The van der Waals surface area contributed by atoms with E-state index in [-0.39, 0.29) is 12.5 Å². The maximum absolute atomic E-state index is 10.7. The van der Waals surface area contributed by atoms with Crippen molar-refractivity contribution in [2.24, 2.45) is 10.9 Å². The number of rotatable bonds is 5. The van der Waals surface area contributed by atoms with Crippen molar-refractivity contribution >= 4 is 12.3 Å². The van der Waals surface area contributed by atoms with Crippen LogP contribution in [0.1, 0.15) is 13.3 Å². The topological polar surface area (TPSA) is 59.9 Å². The van der Waals surface area contributed by atoms with E-state index in [0.29, 0.717) is 12.3 Å². The van der Waals surface area contributed by atoms with Gasteiger partial charge >= 0.3 is 6.09 Å². The molecule has 1 N–H and O–H groups in total. The van der Waals surface area contributed by atoms with Gasteiger partial charge in [-0.05, 0) is 13.0 Å². The first kappa shape index (κ1) is 15.0. The molecule has 5 nitrogen and oxygen atoms in total. The maximum Gasteiger partial charge on any atom is 0.407 e. The third-order valence-electron chi connectivity index (χ3n) is 1.78. The third-order valence-corrected chi connectivity index (χ3v) is 1.78. The number of ether oxygens (including phenoxy) is 2. The lowest BCUT2D eigenvalue weighted by Crippen LogP contribution is -2.23. The Kier molecular flexibility index (Phi) is 8.21. The Labute approximate surface area is 102 Å². The normalized spacial score (nSPS) is 11.2. The van der Waals surface area contributed by atoms with Crippen LogP contribution < -0.4 is 5.32 Å². The number of hydrogen-bond donors (Lipinski definition) is 1. The first-order chi connectivity index (χ1) is 8.10. The van der Waals surface area contributed by atoms with Gasteiger partial charge < -0.3 is 14.8 Å². The predicted molar refractivity (Wildman–Crippen MR) is 66.6 cm³/mol. The number of amides is 1. The molecule has 5 heteroatoms. The van der Waals surface area contributed by atoms with Crippen molar-refractivity contribution in [3.8, 4) is 11.8 Å². The highest BCUT2D eigenvalue weighted by Crippen LogP contribution is 1.98. The minimum absolute atomic E-state index is 0.155. The van der Waals surface area contributed by atoms with Gasteiger partial charge in [-0.15, -0.1) is 0 Å². The van der Waals surface area contributed by atoms with Crippen LogP contribution in [-0.2, 0) is 9.47 Å². The van der Waals surface area contributed by atoms with E-state index in [9.17, 15) is 4.79 Å². The van der Waals surface area contributed by atoms with Gasteiger partial charge in [0.1, 0.15) is 0 Å². The summed E-state index contributed by atoms with van der Waals surface area (Å²) in [6.07, 6.45) is 1.93. The van der Waals surface area contributed by atoms with Crippen molar-refractivity contribution < 1.29 is 14.3 Å². The van der Waals surface area contributed by atoms with Crippen LogP contribution in [0.5, 0.6) is 0 Å². The second-order valence-corrected chi connectivity index (χ2v) is 3.21. The molecule has 0 saturated carbocycles. The quantitative estimate of drug-likeness (QED) is 0.449. The molecule has 0 aromatic heterocycles. The molecule has 0 bridgehead atoms. The van der Waals surface area contributed by atoms with Crippen molar-refractivity contribution in [1.29, 1.82) is 0 Å². The van der Waals surface area contributed by atoms with Crippen molar-refractivity contribution in [3.63, 3.8) is 0 Å². The van der Waals surface area contributed by atoms with Crippen molar-refractivity contribution in [2.45, 2.75) is 13.3 Å². The minimum Gasteiger partial charge on any atom is -0.481 e. The molecule has 17 heavy (non-hydrogen) atoms. The number of hydrogen-bond acceptors (Lipinski definition) is 4. The number of methoxy groups -OCH3 is 2. The fourth-order valence-electron chi connectivity index (χ4n) is 0.838. The van der Waals surface area contributed by atoms with Gasteiger partial charge in [-0.1, -0.05) is 18.8 Å². The zero-order chi connectivity index (χ0) is 13.1. The van der Waals surface area contributed by atoms with Gasteiger partial charge in [0.05, 0.1) is 20.8 Å². The number of carbonyl (C=O) groups is 1. The van der Waals surface area contributed by atoms with Crippen LogP contribution in [0.4, 0.5) is 4.79 Å². The van der Waals surface area contributed by atoms with Crippen molar-refractivity contribution in [3.05, 3.63) is 12.5 Å². The monoisotopic (exact) mass is 238 g/mol. The Morgan fingerprint density at radius 1 is 1.53 bits per heavy atom. The molecule has 0 aliphatic heterocycles.